The van der Waals surface area contributed by atoms with Crippen molar-refractivity contribution in [1.82, 2.24) is 0 Å². The van der Waals surface area contributed by atoms with Crippen LogP contribution in [0, 0.1) is 6.92 Å². The predicted molar refractivity (Wildman–Crippen MR) is 81.9 cm³/mol. The van der Waals surface area contributed by atoms with Crippen LogP contribution < -0.4 is 5.32 Å². The number of nitrogens with one attached hydrogen (secondary N) is 1. The molecule has 0 aliphatic rings. The lowest BCUT2D eigenvalue weighted by molar-refractivity contribution is 0.0695. The van der Waals surface area contributed by atoms with Crippen LogP contribution in [0.5, 0.6) is 0 Å². The zero-order valence-corrected chi connectivity index (χ0v) is 12.0. The van der Waals surface area contributed by atoms with Crippen LogP contribution in [0.15, 0.2) is 42.5 Å². The van der Waals surface area contributed by atoms with Gasteiger partial charge in [-0.1, -0.05) is 25.1 Å². The van der Waals surface area contributed by atoms with E-state index in [1.54, 1.807) is 31.2 Å². The molecule has 0 spiro atoms. The maximum Gasteiger partial charge on any atom is 0.336 e. The van der Waals surface area contributed by atoms with Crippen LogP contribution >= 0.6 is 0 Å². The van der Waals surface area contributed by atoms with Gasteiger partial charge < -0.3 is 10.4 Å². The van der Waals surface area contributed by atoms with Crippen LogP contribution in [-0.2, 0) is 6.42 Å². The minimum absolute atomic E-state index is 0.189. The maximum atomic E-state index is 12.1. The average molecular weight is 283 g/mol. The van der Waals surface area contributed by atoms with Crippen LogP contribution in [0.3, 0.4) is 0 Å². The first-order valence-corrected chi connectivity index (χ1v) is 6.75. The Hall–Kier alpha value is -2.62. The third-order valence-electron chi connectivity index (χ3n) is 3.35. The highest BCUT2D eigenvalue weighted by Gasteiger charge is 2.10. The van der Waals surface area contributed by atoms with Crippen LogP contribution in [-0.4, -0.2) is 17.0 Å². The highest BCUT2D eigenvalue weighted by molar-refractivity contribution is 6.04. The molecule has 0 saturated heterocycles. The van der Waals surface area contributed by atoms with E-state index in [9.17, 15) is 9.59 Å². The average Bonchev–Trinajstić information content (AvgIpc) is 2.49. The van der Waals surface area contributed by atoms with Gasteiger partial charge in [0.1, 0.15) is 0 Å². The van der Waals surface area contributed by atoms with E-state index < -0.39 is 5.97 Å². The second-order valence-corrected chi connectivity index (χ2v) is 4.84. The van der Waals surface area contributed by atoms with E-state index in [1.807, 2.05) is 12.1 Å². The highest BCUT2D eigenvalue weighted by atomic mass is 16.4. The molecule has 2 N–H and O–H groups in total. The summed E-state index contributed by atoms with van der Waals surface area (Å²) in [4.78, 5) is 23.2. The third kappa shape index (κ3) is 3.48. The quantitative estimate of drug-likeness (QED) is 0.902. The topological polar surface area (TPSA) is 66.4 Å². The molecule has 0 atom stereocenters. The number of amides is 1. The number of carboxylic acid groups (broad SMARTS) is 1. The van der Waals surface area contributed by atoms with E-state index in [1.165, 1.54) is 6.07 Å². The maximum absolute atomic E-state index is 12.1. The Kier molecular flexibility index (Phi) is 4.38. The molecular formula is C17H17NO3. The van der Waals surface area contributed by atoms with Crippen molar-refractivity contribution in [2.24, 2.45) is 0 Å². The summed E-state index contributed by atoms with van der Waals surface area (Å²) in [5, 5.41) is 11.8. The zero-order chi connectivity index (χ0) is 15.4. The number of rotatable bonds is 4. The number of anilines is 1. The molecule has 108 valence electrons. The van der Waals surface area contributed by atoms with E-state index in [0.717, 1.165) is 12.0 Å². The minimum Gasteiger partial charge on any atom is -0.478 e. The van der Waals surface area contributed by atoms with Crippen molar-refractivity contribution in [2.45, 2.75) is 20.3 Å². The highest BCUT2D eigenvalue weighted by Crippen LogP contribution is 2.16. The van der Waals surface area contributed by atoms with Crippen molar-refractivity contribution in [3.63, 3.8) is 0 Å². The lowest BCUT2D eigenvalue weighted by Gasteiger charge is -2.08. The van der Waals surface area contributed by atoms with Crippen molar-refractivity contribution in [2.75, 3.05) is 5.32 Å². The molecule has 2 rings (SSSR count). The standard InChI is InChI=1S/C17H17NO3/c1-3-12-5-7-13(8-6-12)16(19)18-14-9-4-11(2)15(10-14)17(20)21/h4-10H,3H2,1-2H3,(H,18,19)(H,20,21). The van der Waals surface area contributed by atoms with E-state index in [4.69, 9.17) is 5.11 Å². The Morgan fingerprint density at radius 1 is 1.10 bits per heavy atom. The molecule has 0 aliphatic heterocycles. The second kappa shape index (κ2) is 6.22. The molecule has 0 saturated carbocycles. The van der Waals surface area contributed by atoms with Gasteiger partial charge in [-0.15, -0.1) is 0 Å². The summed E-state index contributed by atoms with van der Waals surface area (Å²) < 4.78 is 0. The van der Waals surface area contributed by atoms with Crippen molar-refractivity contribution in [3.8, 4) is 0 Å². The number of aromatic carboxylic acids is 1. The fourth-order valence-electron chi connectivity index (χ4n) is 2.03. The number of hydrogen-bond acceptors (Lipinski definition) is 2. The van der Waals surface area contributed by atoms with Gasteiger partial charge in [0.15, 0.2) is 0 Å². The van der Waals surface area contributed by atoms with Crippen molar-refractivity contribution in [3.05, 3.63) is 64.7 Å². The molecule has 4 heteroatoms. The number of hydrogen-bond donors (Lipinski definition) is 2. The number of carbonyl (C=O) groups is 2. The molecule has 4 nitrogen and oxygen atoms in total. The summed E-state index contributed by atoms with van der Waals surface area (Å²) >= 11 is 0. The normalized spacial score (nSPS) is 10.2. The Bertz CT molecular complexity index is 675. The smallest absolute Gasteiger partial charge is 0.336 e. The van der Waals surface area contributed by atoms with Crippen LogP contribution in [0.4, 0.5) is 5.69 Å². The van der Waals surface area contributed by atoms with Crippen LogP contribution in [0.25, 0.3) is 0 Å². The monoisotopic (exact) mass is 283 g/mol. The molecule has 0 fully saturated rings. The molecule has 2 aromatic carbocycles. The molecule has 0 aliphatic carbocycles. The summed E-state index contributed by atoms with van der Waals surface area (Å²) in [6.07, 6.45) is 0.918. The van der Waals surface area contributed by atoms with E-state index in [0.29, 0.717) is 16.8 Å². The summed E-state index contributed by atoms with van der Waals surface area (Å²) in [5.41, 5.74) is 3.03. The lowest BCUT2D eigenvalue weighted by atomic mass is 10.1. The molecule has 1 amide bonds. The van der Waals surface area contributed by atoms with Gasteiger partial charge in [-0.3, -0.25) is 4.79 Å². The number of benzene rings is 2. The van der Waals surface area contributed by atoms with Gasteiger partial charge in [-0.05, 0) is 48.7 Å². The predicted octanol–water partition coefficient (Wildman–Crippen LogP) is 3.51. The fraction of sp³-hybridized carbons (Fsp3) is 0.176. The minimum atomic E-state index is -1.00. The van der Waals surface area contributed by atoms with Crippen molar-refractivity contribution >= 4 is 17.6 Å². The van der Waals surface area contributed by atoms with Gasteiger partial charge in [0.25, 0.3) is 5.91 Å². The second-order valence-electron chi connectivity index (χ2n) is 4.84. The van der Waals surface area contributed by atoms with Gasteiger partial charge in [0.05, 0.1) is 5.56 Å². The van der Waals surface area contributed by atoms with Gasteiger partial charge >= 0.3 is 5.97 Å². The lowest BCUT2D eigenvalue weighted by Crippen LogP contribution is -2.12. The van der Waals surface area contributed by atoms with Gasteiger partial charge in [-0.25, -0.2) is 4.79 Å². The number of carbonyl (C=O) groups excluding carboxylic acids is 1. The molecule has 0 heterocycles. The summed E-state index contributed by atoms with van der Waals surface area (Å²) in [7, 11) is 0. The Balaban J connectivity index is 2.19. The third-order valence-corrected chi connectivity index (χ3v) is 3.35. The van der Waals surface area contributed by atoms with E-state index in [-0.39, 0.29) is 11.5 Å². The van der Waals surface area contributed by atoms with Crippen molar-refractivity contribution in [1.29, 1.82) is 0 Å². The fourth-order valence-corrected chi connectivity index (χ4v) is 2.03. The molecular weight excluding hydrogens is 266 g/mol. The summed E-state index contributed by atoms with van der Waals surface area (Å²) in [6.45, 7) is 3.77. The Labute approximate surface area is 123 Å². The Morgan fingerprint density at radius 3 is 2.33 bits per heavy atom. The van der Waals surface area contributed by atoms with Gasteiger partial charge in [0, 0.05) is 11.3 Å². The van der Waals surface area contributed by atoms with Gasteiger partial charge in [0.2, 0.25) is 0 Å². The van der Waals surface area contributed by atoms with E-state index >= 15 is 0 Å². The molecule has 0 unspecified atom stereocenters. The SMILES string of the molecule is CCc1ccc(C(=O)Nc2ccc(C)c(C(=O)O)c2)cc1. The molecule has 0 aromatic heterocycles. The first-order chi connectivity index (χ1) is 10.0. The zero-order valence-electron chi connectivity index (χ0n) is 12.0. The molecule has 21 heavy (non-hydrogen) atoms. The van der Waals surface area contributed by atoms with Gasteiger partial charge in [-0.2, -0.15) is 0 Å². The van der Waals surface area contributed by atoms with Crippen molar-refractivity contribution < 1.29 is 14.7 Å². The molecule has 0 radical (unpaired) electrons. The Morgan fingerprint density at radius 2 is 1.76 bits per heavy atom. The van der Waals surface area contributed by atoms with E-state index in [2.05, 4.69) is 12.2 Å². The first-order valence-electron chi connectivity index (χ1n) is 6.75. The van der Waals surface area contributed by atoms with Crippen LogP contribution in [0.1, 0.15) is 38.8 Å². The summed E-state index contributed by atoms with van der Waals surface area (Å²) in [5.74, 6) is -1.26. The number of carboxylic acids is 1. The molecule has 0 bridgehead atoms. The molecule has 2 aromatic rings. The largest absolute Gasteiger partial charge is 0.478 e. The van der Waals surface area contributed by atoms with Crippen LogP contribution in [0.2, 0.25) is 0 Å². The summed E-state index contributed by atoms with van der Waals surface area (Å²) in [6, 6.07) is 12.2. The first kappa shape index (κ1) is 14.8. The number of aryl methyl sites for hydroxylation is 2.